The predicted octanol–water partition coefficient (Wildman–Crippen LogP) is -0.459. The number of carboxylic acids is 1. The van der Waals surface area contributed by atoms with Crippen LogP contribution in [0.4, 0.5) is 0 Å². The molecule has 3 N–H and O–H groups in total. The maximum atomic E-state index is 11.0. The van der Waals surface area contributed by atoms with Crippen LogP contribution in [0.25, 0.3) is 0 Å². The van der Waals surface area contributed by atoms with Crippen molar-refractivity contribution in [1.29, 1.82) is 0 Å². The van der Waals surface area contributed by atoms with Crippen molar-refractivity contribution in [2.45, 2.75) is 20.3 Å². The van der Waals surface area contributed by atoms with Gasteiger partial charge in [-0.3, -0.25) is 4.79 Å². The van der Waals surface area contributed by atoms with Crippen LogP contribution in [-0.2, 0) is 15.0 Å². The largest absolute Gasteiger partial charge is 0.481 e. The van der Waals surface area contributed by atoms with E-state index < -0.39 is 21.6 Å². The first-order valence-corrected chi connectivity index (χ1v) is 5.67. The predicted molar refractivity (Wildman–Crippen MR) is 52.0 cm³/mol. The molecule has 1 atom stereocenters. The van der Waals surface area contributed by atoms with E-state index in [1.54, 1.807) is 6.92 Å². The Kier molecular flexibility index (Phi) is 4.50. The van der Waals surface area contributed by atoms with Crippen molar-refractivity contribution in [1.82, 2.24) is 9.44 Å². The molecule has 0 fully saturated rings. The number of carboxylic acid groups (broad SMARTS) is 1. The Hall–Kier alpha value is -0.660. The summed E-state index contributed by atoms with van der Waals surface area (Å²) >= 11 is 0. The van der Waals surface area contributed by atoms with Gasteiger partial charge < -0.3 is 5.11 Å². The normalized spacial score (nSPS) is 16.2. The summed E-state index contributed by atoms with van der Waals surface area (Å²) in [5.41, 5.74) is -1.07. The van der Waals surface area contributed by atoms with E-state index >= 15 is 0 Å². The number of hydrogen-bond donors (Lipinski definition) is 3. The third-order valence-corrected chi connectivity index (χ3v) is 3.28. The zero-order valence-corrected chi connectivity index (χ0v) is 9.31. The number of carbonyl (C=O) groups is 1. The maximum absolute atomic E-state index is 11.0. The van der Waals surface area contributed by atoms with Crippen LogP contribution >= 0.6 is 0 Å². The van der Waals surface area contributed by atoms with E-state index in [4.69, 9.17) is 5.11 Å². The van der Waals surface area contributed by atoms with E-state index in [0.29, 0.717) is 6.42 Å². The Labute approximate surface area is 83.9 Å². The van der Waals surface area contributed by atoms with E-state index in [9.17, 15) is 13.2 Å². The van der Waals surface area contributed by atoms with Gasteiger partial charge in [-0.05, 0) is 13.3 Å². The molecule has 0 spiro atoms. The van der Waals surface area contributed by atoms with Crippen molar-refractivity contribution in [3.63, 3.8) is 0 Å². The standard InChI is InChI=1S/C7H16N2O4S/c1-4-7(2,6(10)11)5-9-14(12,13)8-3/h8-9H,4-5H2,1-3H3,(H,10,11). The van der Waals surface area contributed by atoms with Crippen LogP contribution in [0.3, 0.4) is 0 Å². The first-order chi connectivity index (χ1) is 6.27. The van der Waals surface area contributed by atoms with E-state index in [1.807, 2.05) is 4.72 Å². The molecule has 0 saturated carbocycles. The minimum absolute atomic E-state index is 0.123. The smallest absolute Gasteiger partial charge is 0.310 e. The SMILES string of the molecule is CCC(C)(CNS(=O)(=O)NC)C(=O)O. The van der Waals surface area contributed by atoms with Gasteiger partial charge in [0.15, 0.2) is 0 Å². The van der Waals surface area contributed by atoms with Crippen LogP contribution in [0.1, 0.15) is 20.3 Å². The molecule has 0 radical (unpaired) electrons. The summed E-state index contributed by atoms with van der Waals surface area (Å²) in [6, 6.07) is 0. The lowest BCUT2D eigenvalue weighted by molar-refractivity contribution is -0.147. The zero-order chi connectivity index (χ0) is 11.4. The second kappa shape index (κ2) is 4.72. The molecule has 84 valence electrons. The first kappa shape index (κ1) is 13.3. The molecule has 0 aliphatic heterocycles. The Morgan fingerprint density at radius 2 is 2.00 bits per heavy atom. The fourth-order valence-electron chi connectivity index (χ4n) is 0.678. The molecule has 14 heavy (non-hydrogen) atoms. The summed E-state index contributed by atoms with van der Waals surface area (Å²) in [6.07, 6.45) is 0.356. The molecule has 0 aromatic rings. The summed E-state index contributed by atoms with van der Waals surface area (Å²) in [5.74, 6) is -1.01. The second-order valence-electron chi connectivity index (χ2n) is 3.25. The molecular formula is C7H16N2O4S. The molecule has 0 bridgehead atoms. The minimum Gasteiger partial charge on any atom is -0.481 e. The fraction of sp³-hybridized carbons (Fsp3) is 0.857. The maximum Gasteiger partial charge on any atom is 0.310 e. The summed E-state index contributed by atoms with van der Waals surface area (Å²) in [4.78, 5) is 10.8. The van der Waals surface area contributed by atoms with E-state index in [1.165, 1.54) is 14.0 Å². The van der Waals surface area contributed by atoms with Gasteiger partial charge in [-0.1, -0.05) is 6.92 Å². The van der Waals surface area contributed by atoms with Gasteiger partial charge in [0.2, 0.25) is 0 Å². The minimum atomic E-state index is -3.56. The highest BCUT2D eigenvalue weighted by atomic mass is 32.2. The Bertz CT molecular complexity index is 301. The highest BCUT2D eigenvalue weighted by Crippen LogP contribution is 2.19. The van der Waals surface area contributed by atoms with Crippen molar-refractivity contribution < 1.29 is 18.3 Å². The monoisotopic (exact) mass is 224 g/mol. The summed E-state index contributed by atoms with van der Waals surface area (Å²) in [6.45, 7) is 3.07. The highest BCUT2D eigenvalue weighted by molar-refractivity contribution is 7.87. The van der Waals surface area contributed by atoms with E-state index in [2.05, 4.69) is 4.72 Å². The van der Waals surface area contributed by atoms with Crippen molar-refractivity contribution in [3.05, 3.63) is 0 Å². The van der Waals surface area contributed by atoms with Crippen LogP contribution in [0, 0.1) is 5.41 Å². The molecule has 7 heteroatoms. The van der Waals surface area contributed by atoms with E-state index in [-0.39, 0.29) is 6.54 Å². The number of hydrogen-bond acceptors (Lipinski definition) is 3. The molecule has 0 amide bonds. The van der Waals surface area contributed by atoms with Gasteiger partial charge in [-0.15, -0.1) is 0 Å². The number of aliphatic carboxylic acids is 1. The molecule has 0 saturated heterocycles. The lowest BCUT2D eigenvalue weighted by Gasteiger charge is -2.22. The van der Waals surface area contributed by atoms with Crippen LogP contribution in [-0.4, -0.2) is 33.1 Å². The fourth-order valence-corrected chi connectivity index (χ4v) is 1.33. The third kappa shape index (κ3) is 3.60. The van der Waals surface area contributed by atoms with Gasteiger partial charge in [-0.2, -0.15) is 8.42 Å². The Morgan fingerprint density at radius 1 is 1.50 bits per heavy atom. The quantitative estimate of drug-likeness (QED) is 0.569. The van der Waals surface area contributed by atoms with Gasteiger partial charge in [-0.25, -0.2) is 9.44 Å². The van der Waals surface area contributed by atoms with Gasteiger partial charge in [0.1, 0.15) is 0 Å². The van der Waals surface area contributed by atoms with Gasteiger partial charge >= 0.3 is 5.97 Å². The molecule has 0 aromatic carbocycles. The number of nitrogens with one attached hydrogen (secondary N) is 2. The van der Waals surface area contributed by atoms with Gasteiger partial charge in [0, 0.05) is 13.6 Å². The average molecular weight is 224 g/mol. The second-order valence-corrected chi connectivity index (χ2v) is 4.95. The highest BCUT2D eigenvalue weighted by Gasteiger charge is 2.32. The summed E-state index contributed by atoms with van der Waals surface area (Å²) in [5, 5.41) is 8.85. The molecule has 0 heterocycles. The molecular weight excluding hydrogens is 208 g/mol. The lowest BCUT2D eigenvalue weighted by atomic mass is 9.88. The van der Waals surface area contributed by atoms with Crippen LogP contribution < -0.4 is 9.44 Å². The van der Waals surface area contributed by atoms with Crippen LogP contribution in [0.2, 0.25) is 0 Å². The molecule has 0 rings (SSSR count). The van der Waals surface area contributed by atoms with Crippen molar-refractivity contribution >= 4 is 16.2 Å². The van der Waals surface area contributed by atoms with Crippen LogP contribution in [0.5, 0.6) is 0 Å². The van der Waals surface area contributed by atoms with Crippen molar-refractivity contribution in [2.24, 2.45) is 5.41 Å². The van der Waals surface area contributed by atoms with E-state index in [0.717, 1.165) is 0 Å². The number of rotatable bonds is 6. The average Bonchev–Trinajstić information content (AvgIpc) is 2.14. The molecule has 0 aliphatic rings. The topological polar surface area (TPSA) is 95.5 Å². The van der Waals surface area contributed by atoms with Gasteiger partial charge in [0.25, 0.3) is 10.2 Å². The molecule has 6 nitrogen and oxygen atoms in total. The molecule has 1 unspecified atom stereocenters. The Morgan fingerprint density at radius 3 is 2.29 bits per heavy atom. The third-order valence-electron chi connectivity index (χ3n) is 2.22. The van der Waals surface area contributed by atoms with Crippen molar-refractivity contribution in [2.75, 3.05) is 13.6 Å². The lowest BCUT2D eigenvalue weighted by Crippen LogP contribution is -2.44. The molecule has 0 aliphatic carbocycles. The van der Waals surface area contributed by atoms with Crippen molar-refractivity contribution in [3.8, 4) is 0 Å². The molecule has 0 aromatic heterocycles. The first-order valence-electron chi connectivity index (χ1n) is 4.19. The zero-order valence-electron chi connectivity index (χ0n) is 8.49. The van der Waals surface area contributed by atoms with Gasteiger partial charge in [0.05, 0.1) is 5.41 Å². The summed E-state index contributed by atoms with van der Waals surface area (Å²) < 4.78 is 26.1. The Balaban J connectivity index is 4.44. The van der Waals surface area contributed by atoms with Crippen LogP contribution in [0.15, 0.2) is 0 Å². The summed E-state index contributed by atoms with van der Waals surface area (Å²) in [7, 11) is -2.30.